The van der Waals surface area contributed by atoms with Crippen molar-refractivity contribution < 1.29 is 9.59 Å². The molecule has 0 aliphatic carbocycles. The van der Waals surface area contributed by atoms with Gasteiger partial charge in [0.25, 0.3) is 11.8 Å². The maximum Gasteiger partial charge on any atom is 0.255 e. The quantitative estimate of drug-likeness (QED) is 0.470. The highest BCUT2D eigenvalue weighted by Crippen LogP contribution is 2.21. The molecule has 0 saturated carbocycles. The van der Waals surface area contributed by atoms with Gasteiger partial charge in [-0.05, 0) is 42.0 Å². The van der Waals surface area contributed by atoms with Gasteiger partial charge in [-0.15, -0.1) is 0 Å². The molecule has 0 fully saturated rings. The molecule has 0 bridgehead atoms. The Balaban J connectivity index is 1.46. The molecule has 4 aromatic rings. The maximum absolute atomic E-state index is 12.8. The van der Waals surface area contributed by atoms with E-state index in [4.69, 9.17) is 11.6 Å². The molecule has 2 N–H and O–H groups in total. The van der Waals surface area contributed by atoms with Crippen molar-refractivity contribution in [3.63, 3.8) is 0 Å². The van der Waals surface area contributed by atoms with Gasteiger partial charge in [0.2, 0.25) is 0 Å². The Morgan fingerprint density at radius 3 is 2.53 bits per heavy atom. The van der Waals surface area contributed by atoms with Crippen molar-refractivity contribution in [3.8, 4) is 0 Å². The van der Waals surface area contributed by atoms with Gasteiger partial charge < -0.3 is 10.6 Å². The predicted molar refractivity (Wildman–Crippen MR) is 117 cm³/mol. The normalized spacial score (nSPS) is 10.6. The monoisotopic (exact) mass is 416 g/mol. The lowest BCUT2D eigenvalue weighted by Crippen LogP contribution is -2.23. The third-order valence-electron chi connectivity index (χ3n) is 4.51. The minimum absolute atomic E-state index is 0.225. The van der Waals surface area contributed by atoms with E-state index in [1.54, 1.807) is 36.7 Å². The van der Waals surface area contributed by atoms with Crippen molar-refractivity contribution in [1.29, 1.82) is 0 Å². The summed E-state index contributed by atoms with van der Waals surface area (Å²) in [6.45, 7) is 0.298. The number of halogens is 1. The zero-order valence-electron chi connectivity index (χ0n) is 15.8. The minimum Gasteiger partial charge on any atom is -0.348 e. The van der Waals surface area contributed by atoms with Gasteiger partial charge in [0.05, 0.1) is 11.1 Å². The van der Waals surface area contributed by atoms with E-state index in [1.165, 1.54) is 0 Å². The first-order chi connectivity index (χ1) is 14.6. The third kappa shape index (κ3) is 4.45. The van der Waals surface area contributed by atoms with Crippen LogP contribution < -0.4 is 10.6 Å². The van der Waals surface area contributed by atoms with Crippen LogP contribution in [-0.4, -0.2) is 21.8 Å². The number of aromatic nitrogens is 2. The lowest BCUT2D eigenvalue weighted by atomic mass is 10.1. The molecule has 7 heteroatoms. The molecule has 0 atom stereocenters. The second-order valence-corrected chi connectivity index (χ2v) is 6.97. The summed E-state index contributed by atoms with van der Waals surface area (Å²) in [6.07, 6.45) is 3.13. The van der Waals surface area contributed by atoms with Gasteiger partial charge in [-0.3, -0.25) is 14.6 Å². The second kappa shape index (κ2) is 8.71. The van der Waals surface area contributed by atoms with Crippen LogP contribution in [0.2, 0.25) is 5.15 Å². The van der Waals surface area contributed by atoms with Crippen LogP contribution >= 0.6 is 11.6 Å². The summed E-state index contributed by atoms with van der Waals surface area (Å²) in [4.78, 5) is 33.2. The Morgan fingerprint density at radius 1 is 0.900 bits per heavy atom. The van der Waals surface area contributed by atoms with Crippen molar-refractivity contribution in [3.05, 3.63) is 101 Å². The largest absolute Gasteiger partial charge is 0.348 e. The Morgan fingerprint density at radius 2 is 1.70 bits per heavy atom. The van der Waals surface area contributed by atoms with Crippen molar-refractivity contribution >= 4 is 40.0 Å². The number of pyridine rings is 2. The number of hydrogen-bond acceptors (Lipinski definition) is 4. The first-order valence-electron chi connectivity index (χ1n) is 9.24. The number of anilines is 1. The number of para-hydroxylation sites is 1. The standard InChI is InChI=1S/C23H17ClN4O2/c24-21-13-19(18-6-1-2-7-20(18)28-21)23(30)26-14-15-4-3-5-17(12-15)27-22(29)16-8-10-25-11-9-16/h1-13H,14H2,(H,26,30)(H,27,29). The van der Waals surface area contributed by atoms with Crippen molar-refractivity contribution in [2.45, 2.75) is 6.54 Å². The van der Waals surface area contributed by atoms with Crippen LogP contribution in [0.4, 0.5) is 5.69 Å². The Hall–Kier alpha value is -3.77. The van der Waals surface area contributed by atoms with Gasteiger partial charge in [-0.2, -0.15) is 0 Å². The van der Waals surface area contributed by atoms with Crippen molar-refractivity contribution in [2.75, 3.05) is 5.32 Å². The molecule has 0 aliphatic rings. The number of rotatable bonds is 5. The molecule has 6 nitrogen and oxygen atoms in total. The van der Waals surface area contributed by atoms with Gasteiger partial charge in [0, 0.05) is 35.6 Å². The van der Waals surface area contributed by atoms with E-state index in [9.17, 15) is 9.59 Å². The summed E-state index contributed by atoms with van der Waals surface area (Å²) >= 11 is 6.07. The lowest BCUT2D eigenvalue weighted by molar-refractivity contribution is 0.0951. The first kappa shape index (κ1) is 19.5. The molecular weight excluding hydrogens is 400 g/mol. The first-order valence-corrected chi connectivity index (χ1v) is 9.62. The molecule has 0 saturated heterocycles. The number of benzene rings is 2. The van der Waals surface area contributed by atoms with Gasteiger partial charge in [-0.1, -0.05) is 41.9 Å². The maximum atomic E-state index is 12.8. The van der Waals surface area contributed by atoms with Crippen LogP contribution in [0.3, 0.4) is 0 Å². The average Bonchev–Trinajstić information content (AvgIpc) is 2.77. The SMILES string of the molecule is O=C(Nc1cccc(CNC(=O)c2cc(Cl)nc3ccccc23)c1)c1ccncc1. The zero-order valence-corrected chi connectivity index (χ0v) is 16.6. The molecule has 0 unspecified atom stereocenters. The fraction of sp³-hybridized carbons (Fsp3) is 0.0435. The lowest BCUT2D eigenvalue weighted by Gasteiger charge is -2.10. The smallest absolute Gasteiger partial charge is 0.255 e. The van der Waals surface area contributed by atoms with E-state index in [0.717, 1.165) is 10.9 Å². The Bertz CT molecular complexity index is 1230. The molecule has 2 amide bonds. The van der Waals surface area contributed by atoms with Crippen LogP contribution in [0.15, 0.2) is 79.1 Å². The number of hydrogen-bond donors (Lipinski definition) is 2. The number of amides is 2. The topological polar surface area (TPSA) is 84.0 Å². The molecule has 0 spiro atoms. The summed E-state index contributed by atoms with van der Waals surface area (Å²) in [6, 6.07) is 19.5. The van der Waals surface area contributed by atoms with E-state index in [1.807, 2.05) is 42.5 Å². The molecule has 2 heterocycles. The van der Waals surface area contributed by atoms with Gasteiger partial charge in [0.15, 0.2) is 0 Å². The van der Waals surface area contributed by atoms with Crippen LogP contribution in [0.1, 0.15) is 26.3 Å². The van der Waals surface area contributed by atoms with Crippen molar-refractivity contribution in [1.82, 2.24) is 15.3 Å². The number of carbonyl (C=O) groups is 2. The highest BCUT2D eigenvalue weighted by molar-refractivity contribution is 6.30. The fourth-order valence-electron chi connectivity index (χ4n) is 3.07. The highest BCUT2D eigenvalue weighted by Gasteiger charge is 2.12. The van der Waals surface area contributed by atoms with Crippen LogP contribution in [-0.2, 0) is 6.54 Å². The second-order valence-electron chi connectivity index (χ2n) is 6.58. The van der Waals surface area contributed by atoms with E-state index >= 15 is 0 Å². The van der Waals surface area contributed by atoms with Gasteiger partial charge >= 0.3 is 0 Å². The third-order valence-corrected chi connectivity index (χ3v) is 4.70. The van der Waals surface area contributed by atoms with Crippen LogP contribution in [0, 0.1) is 0 Å². The number of fused-ring (bicyclic) bond motifs is 1. The number of nitrogens with zero attached hydrogens (tertiary/aromatic N) is 2. The summed E-state index contributed by atoms with van der Waals surface area (Å²) in [5, 5.41) is 6.74. The Labute approximate surface area is 177 Å². The van der Waals surface area contributed by atoms with E-state index in [-0.39, 0.29) is 17.0 Å². The van der Waals surface area contributed by atoms with Gasteiger partial charge in [0.1, 0.15) is 5.15 Å². The molecule has 2 aromatic carbocycles. The molecule has 0 aliphatic heterocycles. The highest BCUT2D eigenvalue weighted by atomic mass is 35.5. The average molecular weight is 417 g/mol. The summed E-state index contributed by atoms with van der Waals surface area (Å²) in [7, 11) is 0. The molecule has 4 rings (SSSR count). The van der Waals surface area contributed by atoms with E-state index < -0.39 is 0 Å². The van der Waals surface area contributed by atoms with E-state index in [0.29, 0.717) is 28.9 Å². The predicted octanol–water partition coefficient (Wildman–Crippen LogP) is 4.47. The fourth-order valence-corrected chi connectivity index (χ4v) is 3.27. The molecule has 2 aromatic heterocycles. The molecule has 148 valence electrons. The van der Waals surface area contributed by atoms with Gasteiger partial charge in [-0.25, -0.2) is 4.98 Å². The zero-order chi connectivity index (χ0) is 20.9. The summed E-state index contributed by atoms with van der Waals surface area (Å²) < 4.78 is 0. The molecule has 0 radical (unpaired) electrons. The molecule has 30 heavy (non-hydrogen) atoms. The molecular formula is C23H17ClN4O2. The number of carbonyl (C=O) groups excluding carboxylic acids is 2. The minimum atomic E-state index is -0.248. The summed E-state index contributed by atoms with van der Waals surface area (Å²) in [5.74, 6) is -0.474. The Kier molecular flexibility index (Phi) is 5.68. The van der Waals surface area contributed by atoms with Crippen LogP contribution in [0.25, 0.3) is 10.9 Å². The van der Waals surface area contributed by atoms with Crippen LogP contribution in [0.5, 0.6) is 0 Å². The summed E-state index contributed by atoms with van der Waals surface area (Å²) in [5.41, 5.74) is 3.13. The number of nitrogens with one attached hydrogen (secondary N) is 2. The van der Waals surface area contributed by atoms with Crippen molar-refractivity contribution in [2.24, 2.45) is 0 Å². The van der Waals surface area contributed by atoms with E-state index in [2.05, 4.69) is 20.6 Å².